The van der Waals surface area contributed by atoms with Gasteiger partial charge in [-0.2, -0.15) is 10.2 Å². The number of carbonyl (C=O) groups excluding carboxylic acids is 1. The molecule has 0 aliphatic carbocycles. The lowest BCUT2D eigenvalue weighted by molar-refractivity contribution is -0.137. The van der Waals surface area contributed by atoms with E-state index in [1.54, 1.807) is 0 Å². The predicted molar refractivity (Wildman–Crippen MR) is 86.0 cm³/mol. The first-order valence-electron chi connectivity index (χ1n) is 8.54. The molecule has 23 heavy (non-hydrogen) atoms. The van der Waals surface area contributed by atoms with Crippen molar-refractivity contribution in [2.75, 3.05) is 13.1 Å². The standard InChI is InChI=1S/C17H23N5O/c1-13-11-19-21(12-13)14-6-9-20(10-7-14)17(23)16-4-2-3-15-5-8-18-22(15)16/h5,8,11-12,14,16H,2-4,6-7,9-10H2,1H3. The Hall–Kier alpha value is -2.11. The van der Waals surface area contributed by atoms with Crippen molar-refractivity contribution < 1.29 is 4.79 Å². The van der Waals surface area contributed by atoms with Crippen molar-refractivity contribution in [2.45, 2.75) is 51.1 Å². The Balaban J connectivity index is 1.42. The second-order valence-corrected chi connectivity index (χ2v) is 6.73. The van der Waals surface area contributed by atoms with Crippen LogP contribution in [0.25, 0.3) is 0 Å². The molecule has 0 saturated carbocycles. The van der Waals surface area contributed by atoms with E-state index in [4.69, 9.17) is 0 Å². The van der Waals surface area contributed by atoms with Crippen LogP contribution in [0.3, 0.4) is 0 Å². The van der Waals surface area contributed by atoms with E-state index in [1.807, 2.05) is 28.0 Å². The van der Waals surface area contributed by atoms with Crippen molar-refractivity contribution in [1.29, 1.82) is 0 Å². The number of hydrogen-bond acceptors (Lipinski definition) is 3. The summed E-state index contributed by atoms with van der Waals surface area (Å²) in [4.78, 5) is 14.9. The van der Waals surface area contributed by atoms with Crippen LogP contribution in [0.5, 0.6) is 0 Å². The summed E-state index contributed by atoms with van der Waals surface area (Å²) >= 11 is 0. The third-order valence-electron chi connectivity index (χ3n) is 5.12. The molecular weight excluding hydrogens is 290 g/mol. The van der Waals surface area contributed by atoms with Gasteiger partial charge in [-0.15, -0.1) is 0 Å². The number of hydrogen-bond donors (Lipinski definition) is 0. The molecule has 2 aromatic heterocycles. The summed E-state index contributed by atoms with van der Waals surface area (Å²) < 4.78 is 4.00. The highest BCUT2D eigenvalue weighted by Gasteiger charge is 2.32. The molecule has 6 nitrogen and oxygen atoms in total. The Kier molecular flexibility index (Phi) is 3.67. The molecule has 0 aromatic carbocycles. The number of piperidine rings is 1. The summed E-state index contributed by atoms with van der Waals surface area (Å²) in [6, 6.07) is 2.35. The van der Waals surface area contributed by atoms with Gasteiger partial charge in [-0.3, -0.25) is 14.2 Å². The third-order valence-corrected chi connectivity index (χ3v) is 5.12. The Morgan fingerprint density at radius 3 is 2.78 bits per heavy atom. The fraction of sp³-hybridized carbons (Fsp3) is 0.588. The lowest BCUT2D eigenvalue weighted by Gasteiger charge is -2.35. The molecule has 0 N–H and O–H groups in total. The van der Waals surface area contributed by atoms with E-state index in [-0.39, 0.29) is 11.9 Å². The monoisotopic (exact) mass is 313 g/mol. The molecule has 1 saturated heterocycles. The highest BCUT2D eigenvalue weighted by Crippen LogP contribution is 2.28. The number of aromatic nitrogens is 4. The third kappa shape index (κ3) is 2.66. The van der Waals surface area contributed by atoms with Gasteiger partial charge in [-0.05, 0) is 50.7 Å². The second-order valence-electron chi connectivity index (χ2n) is 6.73. The van der Waals surface area contributed by atoms with Crippen LogP contribution in [0.2, 0.25) is 0 Å². The smallest absolute Gasteiger partial charge is 0.247 e. The molecule has 0 spiro atoms. The molecule has 4 heterocycles. The topological polar surface area (TPSA) is 56.0 Å². The van der Waals surface area contributed by atoms with E-state index in [1.165, 1.54) is 11.3 Å². The fourth-order valence-corrected chi connectivity index (χ4v) is 3.84. The molecule has 4 rings (SSSR count). The second kappa shape index (κ2) is 5.83. The van der Waals surface area contributed by atoms with Crippen LogP contribution >= 0.6 is 0 Å². The first kappa shape index (κ1) is 14.5. The number of carbonyl (C=O) groups is 1. The van der Waals surface area contributed by atoms with Crippen LogP contribution in [-0.4, -0.2) is 43.5 Å². The zero-order chi connectivity index (χ0) is 15.8. The van der Waals surface area contributed by atoms with E-state index in [0.717, 1.165) is 45.2 Å². The molecule has 2 aromatic rings. The molecule has 122 valence electrons. The first-order chi connectivity index (χ1) is 11.2. The number of likely N-dealkylation sites (tertiary alicyclic amines) is 1. The minimum absolute atomic E-state index is 0.0998. The van der Waals surface area contributed by atoms with Crippen LogP contribution in [-0.2, 0) is 11.2 Å². The zero-order valence-electron chi connectivity index (χ0n) is 13.6. The van der Waals surface area contributed by atoms with Crippen molar-refractivity contribution in [3.8, 4) is 0 Å². The number of fused-ring (bicyclic) bond motifs is 1. The highest BCUT2D eigenvalue weighted by molar-refractivity contribution is 5.80. The Morgan fingerprint density at radius 2 is 2.04 bits per heavy atom. The lowest BCUT2D eigenvalue weighted by atomic mass is 9.99. The van der Waals surface area contributed by atoms with Gasteiger partial charge in [0.15, 0.2) is 0 Å². The number of aryl methyl sites for hydroxylation is 2. The molecular formula is C17H23N5O. The van der Waals surface area contributed by atoms with Crippen molar-refractivity contribution in [3.63, 3.8) is 0 Å². The van der Waals surface area contributed by atoms with Gasteiger partial charge >= 0.3 is 0 Å². The Labute approximate surface area is 136 Å². The van der Waals surface area contributed by atoms with Crippen molar-refractivity contribution in [3.05, 3.63) is 35.9 Å². The highest BCUT2D eigenvalue weighted by atomic mass is 16.2. The van der Waals surface area contributed by atoms with Crippen LogP contribution in [0, 0.1) is 6.92 Å². The van der Waals surface area contributed by atoms with Gasteiger partial charge in [0.1, 0.15) is 6.04 Å². The molecule has 0 radical (unpaired) electrons. The Morgan fingerprint density at radius 1 is 1.22 bits per heavy atom. The van der Waals surface area contributed by atoms with Crippen LogP contribution in [0.4, 0.5) is 0 Å². The maximum atomic E-state index is 12.9. The quantitative estimate of drug-likeness (QED) is 0.853. The summed E-state index contributed by atoms with van der Waals surface area (Å²) in [6.45, 7) is 3.69. The Bertz CT molecular complexity index is 695. The van der Waals surface area contributed by atoms with Crippen molar-refractivity contribution in [2.24, 2.45) is 0 Å². The van der Waals surface area contributed by atoms with Crippen LogP contribution in [0.1, 0.15) is 49.0 Å². The van der Waals surface area contributed by atoms with Crippen LogP contribution in [0.15, 0.2) is 24.7 Å². The van der Waals surface area contributed by atoms with Gasteiger partial charge in [0.2, 0.25) is 5.91 Å². The van der Waals surface area contributed by atoms with E-state index in [2.05, 4.69) is 28.0 Å². The zero-order valence-corrected chi connectivity index (χ0v) is 13.6. The van der Waals surface area contributed by atoms with E-state index in [9.17, 15) is 4.79 Å². The molecule has 1 fully saturated rings. The van der Waals surface area contributed by atoms with Crippen molar-refractivity contribution in [1.82, 2.24) is 24.5 Å². The maximum Gasteiger partial charge on any atom is 0.247 e. The first-order valence-corrected chi connectivity index (χ1v) is 8.54. The maximum absolute atomic E-state index is 12.9. The summed E-state index contributed by atoms with van der Waals surface area (Å²) in [5, 5.41) is 8.80. The predicted octanol–water partition coefficient (Wildman–Crippen LogP) is 2.13. The molecule has 1 unspecified atom stereocenters. The van der Waals surface area contributed by atoms with Gasteiger partial charge in [0, 0.05) is 31.2 Å². The van der Waals surface area contributed by atoms with E-state index < -0.39 is 0 Å². The number of amides is 1. The summed E-state index contributed by atoms with van der Waals surface area (Å²) in [7, 11) is 0. The fourth-order valence-electron chi connectivity index (χ4n) is 3.84. The molecule has 2 aliphatic heterocycles. The van der Waals surface area contributed by atoms with Gasteiger partial charge in [-0.1, -0.05) is 0 Å². The summed E-state index contributed by atoms with van der Waals surface area (Å²) in [5.74, 6) is 0.241. The van der Waals surface area contributed by atoms with Gasteiger partial charge < -0.3 is 4.90 Å². The lowest BCUT2D eigenvalue weighted by Crippen LogP contribution is -2.44. The largest absolute Gasteiger partial charge is 0.341 e. The van der Waals surface area contributed by atoms with Gasteiger partial charge in [-0.25, -0.2) is 0 Å². The van der Waals surface area contributed by atoms with Crippen molar-refractivity contribution >= 4 is 5.91 Å². The minimum atomic E-state index is -0.0998. The summed E-state index contributed by atoms with van der Waals surface area (Å²) in [5.41, 5.74) is 2.38. The minimum Gasteiger partial charge on any atom is -0.341 e. The molecule has 2 aliphatic rings. The molecule has 0 bridgehead atoms. The average molecular weight is 313 g/mol. The average Bonchev–Trinajstić information content (AvgIpc) is 3.22. The summed E-state index contributed by atoms with van der Waals surface area (Å²) in [6.07, 6.45) is 10.8. The van der Waals surface area contributed by atoms with E-state index in [0.29, 0.717) is 6.04 Å². The van der Waals surface area contributed by atoms with Crippen LogP contribution < -0.4 is 0 Å². The number of rotatable bonds is 2. The normalized spacial score (nSPS) is 22.1. The molecule has 6 heteroatoms. The van der Waals surface area contributed by atoms with E-state index >= 15 is 0 Å². The van der Waals surface area contributed by atoms with Gasteiger partial charge in [0.05, 0.1) is 12.2 Å². The molecule has 1 amide bonds. The molecule has 1 atom stereocenters. The van der Waals surface area contributed by atoms with Gasteiger partial charge in [0.25, 0.3) is 0 Å². The number of nitrogens with zero attached hydrogens (tertiary/aromatic N) is 5. The SMILES string of the molecule is Cc1cnn(C2CCN(C(=O)C3CCCc4ccnn43)CC2)c1.